The van der Waals surface area contributed by atoms with Gasteiger partial charge in [-0.1, -0.05) is 29.8 Å². The Kier molecular flexibility index (Phi) is 7.49. The number of likely N-dealkylation sites (N-methyl/N-ethyl adjacent to an activating group) is 1. The molecule has 1 aliphatic heterocycles. The first-order valence-corrected chi connectivity index (χ1v) is 11.8. The van der Waals surface area contributed by atoms with Crippen LogP contribution in [-0.2, 0) is 16.0 Å². The molecule has 3 aromatic rings. The molecule has 0 spiro atoms. The molecule has 4 rings (SSSR count). The summed E-state index contributed by atoms with van der Waals surface area (Å²) < 4.78 is 0. The molecule has 1 unspecified atom stereocenters. The van der Waals surface area contributed by atoms with E-state index in [1.807, 2.05) is 31.2 Å². The molecule has 0 saturated carbocycles. The van der Waals surface area contributed by atoms with Crippen LogP contribution < -0.4 is 4.90 Å². The Morgan fingerprint density at radius 1 is 1.31 bits per heavy atom. The van der Waals surface area contributed by atoms with Crippen LogP contribution in [-0.4, -0.2) is 57.4 Å². The monoisotopic (exact) mass is 490 g/mol. The minimum atomic E-state index is -0.360. The molecule has 0 radical (unpaired) electrons. The average Bonchev–Trinajstić information content (AvgIpc) is 3.38. The van der Waals surface area contributed by atoms with Crippen LogP contribution in [0.2, 0.25) is 5.02 Å². The number of hydrogen-bond acceptors (Lipinski definition) is 5. The number of aromatic amines is 1. The Morgan fingerprint density at radius 2 is 2.09 bits per heavy atom. The number of carbonyl (C=O) groups is 2. The van der Waals surface area contributed by atoms with Gasteiger partial charge in [0.05, 0.1) is 42.8 Å². The van der Waals surface area contributed by atoms with Gasteiger partial charge in [-0.3, -0.25) is 14.5 Å². The van der Waals surface area contributed by atoms with Gasteiger partial charge in [-0.2, -0.15) is 5.26 Å². The van der Waals surface area contributed by atoms with Crippen molar-refractivity contribution < 1.29 is 9.59 Å². The lowest BCUT2D eigenvalue weighted by Crippen LogP contribution is -2.64. The van der Waals surface area contributed by atoms with Gasteiger partial charge in [0.25, 0.3) is 0 Å². The van der Waals surface area contributed by atoms with E-state index in [0.29, 0.717) is 35.8 Å². The quantitative estimate of drug-likeness (QED) is 0.544. The van der Waals surface area contributed by atoms with Gasteiger partial charge in [0.2, 0.25) is 11.8 Å². The van der Waals surface area contributed by atoms with Gasteiger partial charge in [-0.25, -0.2) is 4.98 Å². The van der Waals surface area contributed by atoms with E-state index in [0.717, 1.165) is 11.3 Å². The van der Waals surface area contributed by atoms with Crippen LogP contribution in [0.15, 0.2) is 61.1 Å². The third kappa shape index (κ3) is 5.37. The largest absolute Gasteiger partial charge is 0.347 e. The number of anilines is 1. The molecule has 35 heavy (non-hydrogen) atoms. The number of halogens is 1. The van der Waals surface area contributed by atoms with E-state index < -0.39 is 0 Å². The van der Waals surface area contributed by atoms with Crippen molar-refractivity contribution in [2.24, 2.45) is 0 Å². The lowest BCUT2D eigenvalue weighted by molar-refractivity contribution is -0.141. The maximum Gasteiger partial charge on any atom is 0.241 e. The fourth-order valence-electron chi connectivity index (χ4n) is 4.64. The predicted octanol–water partition coefficient (Wildman–Crippen LogP) is 3.76. The normalized spacial score (nSPS) is 17.1. The molecule has 0 aliphatic carbocycles. The lowest BCUT2D eigenvalue weighted by atomic mass is 9.99. The summed E-state index contributed by atoms with van der Waals surface area (Å²) in [6.07, 6.45) is 3.58. The van der Waals surface area contributed by atoms with Gasteiger partial charge in [-0.15, -0.1) is 0 Å². The van der Waals surface area contributed by atoms with E-state index in [4.69, 9.17) is 16.9 Å². The molecule has 1 N–H and O–H groups in total. The van der Waals surface area contributed by atoms with Crippen molar-refractivity contribution in [3.8, 4) is 6.07 Å². The van der Waals surface area contributed by atoms with E-state index in [2.05, 4.69) is 20.9 Å². The second-order valence-corrected chi connectivity index (χ2v) is 8.91. The predicted molar refractivity (Wildman–Crippen MR) is 134 cm³/mol. The number of nitriles is 1. The molecule has 0 bridgehead atoms. The fraction of sp³-hybridized carbons (Fsp3) is 0.308. The van der Waals surface area contributed by atoms with Crippen molar-refractivity contribution in [1.29, 1.82) is 5.26 Å². The Balaban J connectivity index is 1.73. The maximum absolute atomic E-state index is 13.4. The van der Waals surface area contributed by atoms with Crippen LogP contribution in [0, 0.1) is 11.3 Å². The zero-order chi connectivity index (χ0) is 24.9. The first-order valence-electron chi connectivity index (χ1n) is 11.5. The number of piperazine rings is 1. The Labute approximate surface area is 209 Å². The van der Waals surface area contributed by atoms with Crippen molar-refractivity contribution in [2.75, 3.05) is 24.5 Å². The van der Waals surface area contributed by atoms with Crippen LogP contribution >= 0.6 is 11.6 Å². The van der Waals surface area contributed by atoms with E-state index in [-0.39, 0.29) is 30.6 Å². The molecule has 1 aliphatic rings. The summed E-state index contributed by atoms with van der Waals surface area (Å²) in [4.78, 5) is 39.0. The van der Waals surface area contributed by atoms with Gasteiger partial charge in [0.1, 0.15) is 6.17 Å². The molecular weight excluding hydrogens is 464 g/mol. The number of nitrogens with zero attached hydrogens (tertiary/aromatic N) is 5. The Morgan fingerprint density at radius 3 is 2.69 bits per heavy atom. The molecule has 2 aromatic carbocycles. The van der Waals surface area contributed by atoms with Crippen LogP contribution in [0.25, 0.3) is 0 Å². The second-order valence-electron chi connectivity index (χ2n) is 8.48. The molecule has 180 valence electrons. The second kappa shape index (κ2) is 10.7. The molecule has 2 amide bonds. The average molecular weight is 491 g/mol. The summed E-state index contributed by atoms with van der Waals surface area (Å²) in [7, 11) is 0. The van der Waals surface area contributed by atoms with Crippen LogP contribution in [0.3, 0.4) is 0 Å². The number of aromatic nitrogens is 2. The third-order valence-corrected chi connectivity index (χ3v) is 6.60. The molecule has 8 nitrogen and oxygen atoms in total. The van der Waals surface area contributed by atoms with Gasteiger partial charge in [-0.05, 0) is 49.2 Å². The third-order valence-electron chi connectivity index (χ3n) is 6.36. The number of H-pyrrole nitrogens is 1. The molecule has 2 atom stereocenters. The topological polar surface area (TPSA) is 96.3 Å². The highest BCUT2D eigenvalue weighted by molar-refractivity contribution is 6.30. The summed E-state index contributed by atoms with van der Waals surface area (Å²) in [5, 5.41) is 9.69. The summed E-state index contributed by atoms with van der Waals surface area (Å²) in [6, 6.07) is 16.5. The van der Waals surface area contributed by atoms with Crippen LogP contribution in [0.1, 0.15) is 36.7 Å². The van der Waals surface area contributed by atoms with Crippen LogP contribution in [0.5, 0.6) is 0 Å². The molecule has 2 heterocycles. The molecule has 1 aromatic heterocycles. The van der Waals surface area contributed by atoms with Crippen LogP contribution in [0.4, 0.5) is 5.69 Å². The standard InChI is InChI=1S/C26H27ClN6O2/c1-3-31(18(2)34)25-15-32(22-6-4-5-21(27)12-22)26(35)16-33(25)24(23-14-29-17-30-23)11-19-7-9-20(13-28)10-8-19/h4-10,12,14,17,24-25H,3,11,15-16H2,1-2H3,(H,29,30)/t24?,25-/m1/s1. The van der Waals surface area contributed by atoms with Crippen molar-refractivity contribution in [3.63, 3.8) is 0 Å². The first kappa shape index (κ1) is 24.5. The minimum Gasteiger partial charge on any atom is -0.347 e. The summed E-state index contributed by atoms with van der Waals surface area (Å²) >= 11 is 6.20. The highest BCUT2D eigenvalue weighted by atomic mass is 35.5. The molecule has 9 heteroatoms. The Bertz CT molecular complexity index is 1220. The number of imidazole rings is 1. The van der Waals surface area contributed by atoms with Gasteiger partial charge in [0, 0.05) is 30.4 Å². The zero-order valence-corrected chi connectivity index (χ0v) is 20.4. The van der Waals surface area contributed by atoms with Gasteiger partial charge >= 0.3 is 0 Å². The van der Waals surface area contributed by atoms with Crippen molar-refractivity contribution in [3.05, 3.63) is 82.9 Å². The van der Waals surface area contributed by atoms with Gasteiger partial charge in [0.15, 0.2) is 0 Å². The lowest BCUT2D eigenvalue weighted by Gasteiger charge is -2.48. The van der Waals surface area contributed by atoms with E-state index in [1.54, 1.807) is 53.5 Å². The summed E-state index contributed by atoms with van der Waals surface area (Å²) in [5.74, 6) is -0.142. The highest BCUT2D eigenvalue weighted by Gasteiger charge is 2.41. The van der Waals surface area contributed by atoms with E-state index >= 15 is 0 Å². The number of nitrogens with one attached hydrogen (secondary N) is 1. The van der Waals surface area contributed by atoms with Crippen molar-refractivity contribution in [1.82, 2.24) is 19.8 Å². The summed E-state index contributed by atoms with van der Waals surface area (Å²) in [6.45, 7) is 4.41. The number of hydrogen-bond donors (Lipinski definition) is 1. The van der Waals surface area contributed by atoms with Crippen molar-refractivity contribution in [2.45, 2.75) is 32.5 Å². The van der Waals surface area contributed by atoms with E-state index in [9.17, 15) is 9.59 Å². The minimum absolute atomic E-state index is 0.0652. The Hall–Kier alpha value is -3.67. The number of rotatable bonds is 7. The molecular formula is C26H27ClN6O2. The molecule has 1 saturated heterocycles. The smallest absolute Gasteiger partial charge is 0.241 e. The maximum atomic E-state index is 13.4. The zero-order valence-electron chi connectivity index (χ0n) is 19.7. The van der Waals surface area contributed by atoms with E-state index in [1.165, 1.54) is 0 Å². The number of carbonyl (C=O) groups excluding carboxylic acids is 2. The number of benzene rings is 2. The van der Waals surface area contributed by atoms with Crippen molar-refractivity contribution >= 4 is 29.1 Å². The number of amides is 2. The highest BCUT2D eigenvalue weighted by Crippen LogP contribution is 2.32. The molecule has 1 fully saturated rings. The van der Waals surface area contributed by atoms with Gasteiger partial charge < -0.3 is 14.8 Å². The summed E-state index contributed by atoms with van der Waals surface area (Å²) in [5.41, 5.74) is 3.15. The SMILES string of the molecule is CCN(C(C)=O)[C@H]1CN(c2cccc(Cl)c2)C(=O)CN1C(Cc1ccc(C#N)cc1)c1cnc[nH]1. The first-order chi connectivity index (χ1) is 16.9. The fourth-order valence-corrected chi connectivity index (χ4v) is 4.83.